The standard InChI is InChI=1S/C19H25N3O3/c1-15(23)20-9-7-17(8-10-20)19(25)22-13-11-21(12-14-22)18(24)16-5-3-2-4-6-16/h2-6,17H,7-14H2,1H3. The lowest BCUT2D eigenvalue weighted by Gasteiger charge is -2.38. The van der Waals surface area contributed by atoms with Gasteiger partial charge in [0.15, 0.2) is 0 Å². The first-order valence-electron chi connectivity index (χ1n) is 8.95. The summed E-state index contributed by atoms with van der Waals surface area (Å²) in [5, 5.41) is 0. The van der Waals surface area contributed by atoms with Gasteiger partial charge in [0.2, 0.25) is 11.8 Å². The Labute approximate surface area is 148 Å². The Balaban J connectivity index is 1.50. The highest BCUT2D eigenvalue weighted by Crippen LogP contribution is 2.21. The smallest absolute Gasteiger partial charge is 0.253 e. The Kier molecular flexibility index (Phi) is 5.36. The molecule has 0 unspecified atom stereocenters. The minimum atomic E-state index is 0.00646. The summed E-state index contributed by atoms with van der Waals surface area (Å²) < 4.78 is 0. The van der Waals surface area contributed by atoms with Crippen LogP contribution in [0.3, 0.4) is 0 Å². The average molecular weight is 343 g/mol. The molecule has 0 spiro atoms. The number of benzene rings is 1. The number of amides is 3. The highest BCUT2D eigenvalue weighted by molar-refractivity contribution is 5.94. The van der Waals surface area contributed by atoms with Crippen LogP contribution >= 0.6 is 0 Å². The number of likely N-dealkylation sites (tertiary alicyclic amines) is 1. The maximum absolute atomic E-state index is 12.7. The van der Waals surface area contributed by atoms with Crippen LogP contribution in [-0.4, -0.2) is 71.7 Å². The van der Waals surface area contributed by atoms with Crippen LogP contribution in [0.2, 0.25) is 0 Å². The van der Waals surface area contributed by atoms with E-state index in [4.69, 9.17) is 0 Å². The SMILES string of the molecule is CC(=O)N1CCC(C(=O)N2CCN(C(=O)c3ccccc3)CC2)CC1. The summed E-state index contributed by atoms with van der Waals surface area (Å²) in [5.74, 6) is 0.295. The summed E-state index contributed by atoms with van der Waals surface area (Å²) in [6, 6.07) is 9.26. The second kappa shape index (κ2) is 7.68. The summed E-state index contributed by atoms with van der Waals surface area (Å²) in [6.45, 7) is 5.23. The average Bonchev–Trinajstić information content (AvgIpc) is 2.67. The van der Waals surface area contributed by atoms with Crippen LogP contribution in [0.15, 0.2) is 30.3 Å². The summed E-state index contributed by atoms with van der Waals surface area (Å²) >= 11 is 0. The summed E-state index contributed by atoms with van der Waals surface area (Å²) in [4.78, 5) is 42.0. The zero-order valence-electron chi connectivity index (χ0n) is 14.7. The van der Waals surface area contributed by atoms with Crippen molar-refractivity contribution in [3.63, 3.8) is 0 Å². The zero-order chi connectivity index (χ0) is 17.8. The van der Waals surface area contributed by atoms with Gasteiger partial charge in [0, 0.05) is 57.7 Å². The fraction of sp³-hybridized carbons (Fsp3) is 0.526. The van der Waals surface area contributed by atoms with Gasteiger partial charge in [-0.1, -0.05) is 18.2 Å². The van der Waals surface area contributed by atoms with Crippen LogP contribution in [0, 0.1) is 5.92 Å². The fourth-order valence-electron chi connectivity index (χ4n) is 3.59. The molecule has 6 heteroatoms. The Morgan fingerprint density at radius 2 is 1.36 bits per heavy atom. The molecule has 0 N–H and O–H groups in total. The van der Waals surface area contributed by atoms with Crippen LogP contribution < -0.4 is 0 Å². The number of carbonyl (C=O) groups is 3. The molecule has 0 bridgehead atoms. The van der Waals surface area contributed by atoms with E-state index in [0.29, 0.717) is 44.8 Å². The van der Waals surface area contributed by atoms with Crippen molar-refractivity contribution >= 4 is 17.7 Å². The summed E-state index contributed by atoms with van der Waals surface area (Å²) in [7, 11) is 0. The number of piperidine rings is 1. The van der Waals surface area contributed by atoms with Crippen LogP contribution in [0.4, 0.5) is 0 Å². The van der Waals surface area contributed by atoms with Gasteiger partial charge in [-0.3, -0.25) is 14.4 Å². The van der Waals surface area contributed by atoms with Crippen molar-refractivity contribution in [2.75, 3.05) is 39.3 Å². The van der Waals surface area contributed by atoms with E-state index in [0.717, 1.165) is 12.8 Å². The van der Waals surface area contributed by atoms with Crippen molar-refractivity contribution in [2.24, 2.45) is 5.92 Å². The van der Waals surface area contributed by atoms with Crippen LogP contribution in [0.1, 0.15) is 30.1 Å². The quantitative estimate of drug-likeness (QED) is 0.811. The Hall–Kier alpha value is -2.37. The third-order valence-electron chi connectivity index (χ3n) is 5.19. The van der Waals surface area contributed by atoms with Gasteiger partial charge in [0.05, 0.1) is 0 Å². The molecule has 0 atom stereocenters. The Morgan fingerprint density at radius 1 is 0.800 bits per heavy atom. The first kappa shape index (κ1) is 17.5. The molecule has 0 radical (unpaired) electrons. The molecule has 0 aromatic heterocycles. The van der Waals surface area contributed by atoms with Crippen molar-refractivity contribution < 1.29 is 14.4 Å². The van der Waals surface area contributed by atoms with Gasteiger partial charge >= 0.3 is 0 Å². The number of hydrogen-bond acceptors (Lipinski definition) is 3. The molecule has 0 saturated carbocycles. The summed E-state index contributed by atoms with van der Waals surface area (Å²) in [6.07, 6.45) is 1.48. The van der Waals surface area contributed by atoms with Gasteiger partial charge in [-0.15, -0.1) is 0 Å². The molecule has 3 rings (SSSR count). The van der Waals surface area contributed by atoms with E-state index in [2.05, 4.69) is 0 Å². The monoisotopic (exact) mass is 343 g/mol. The van der Waals surface area contributed by atoms with Gasteiger partial charge in [0.25, 0.3) is 5.91 Å². The second-order valence-corrected chi connectivity index (χ2v) is 6.76. The predicted octanol–water partition coefficient (Wildman–Crippen LogP) is 1.23. The van der Waals surface area contributed by atoms with E-state index < -0.39 is 0 Å². The molecule has 1 aromatic carbocycles. The van der Waals surface area contributed by atoms with Crippen molar-refractivity contribution in [1.29, 1.82) is 0 Å². The maximum atomic E-state index is 12.7. The van der Waals surface area contributed by atoms with E-state index in [9.17, 15) is 14.4 Å². The highest BCUT2D eigenvalue weighted by atomic mass is 16.2. The largest absolute Gasteiger partial charge is 0.343 e. The Bertz CT molecular complexity index is 631. The molecule has 134 valence electrons. The molecule has 25 heavy (non-hydrogen) atoms. The van der Waals surface area contributed by atoms with Crippen molar-refractivity contribution in [3.05, 3.63) is 35.9 Å². The van der Waals surface area contributed by atoms with E-state index in [1.165, 1.54) is 0 Å². The predicted molar refractivity (Wildman–Crippen MR) is 93.9 cm³/mol. The molecule has 2 saturated heterocycles. The third-order valence-corrected chi connectivity index (χ3v) is 5.19. The van der Waals surface area contributed by atoms with Gasteiger partial charge < -0.3 is 14.7 Å². The van der Waals surface area contributed by atoms with Crippen molar-refractivity contribution in [1.82, 2.24) is 14.7 Å². The fourth-order valence-corrected chi connectivity index (χ4v) is 3.59. The highest BCUT2D eigenvalue weighted by Gasteiger charge is 2.31. The first-order valence-corrected chi connectivity index (χ1v) is 8.95. The van der Waals surface area contributed by atoms with Crippen LogP contribution in [0.5, 0.6) is 0 Å². The van der Waals surface area contributed by atoms with Crippen molar-refractivity contribution in [2.45, 2.75) is 19.8 Å². The number of piperazine rings is 1. The lowest BCUT2D eigenvalue weighted by molar-refractivity contribution is -0.141. The minimum Gasteiger partial charge on any atom is -0.343 e. The van der Waals surface area contributed by atoms with Gasteiger partial charge in [0.1, 0.15) is 0 Å². The molecule has 6 nitrogen and oxygen atoms in total. The Morgan fingerprint density at radius 3 is 1.92 bits per heavy atom. The zero-order valence-corrected chi connectivity index (χ0v) is 14.7. The lowest BCUT2D eigenvalue weighted by Crippen LogP contribution is -2.53. The molecule has 2 heterocycles. The van der Waals surface area contributed by atoms with E-state index >= 15 is 0 Å². The molecular formula is C19H25N3O3. The molecule has 2 aliphatic heterocycles. The third kappa shape index (κ3) is 4.00. The molecule has 2 aliphatic rings. The molecule has 1 aromatic rings. The van der Waals surface area contributed by atoms with Crippen LogP contribution in [0.25, 0.3) is 0 Å². The molecular weight excluding hydrogens is 318 g/mol. The van der Waals surface area contributed by atoms with E-state index in [-0.39, 0.29) is 23.6 Å². The van der Waals surface area contributed by atoms with Crippen molar-refractivity contribution in [3.8, 4) is 0 Å². The van der Waals surface area contributed by atoms with Gasteiger partial charge in [-0.2, -0.15) is 0 Å². The van der Waals surface area contributed by atoms with Gasteiger partial charge in [-0.25, -0.2) is 0 Å². The number of nitrogens with zero attached hydrogens (tertiary/aromatic N) is 3. The molecule has 0 aliphatic carbocycles. The van der Waals surface area contributed by atoms with E-state index in [1.807, 2.05) is 40.1 Å². The van der Waals surface area contributed by atoms with Gasteiger partial charge in [-0.05, 0) is 25.0 Å². The normalized spacial score (nSPS) is 19.0. The second-order valence-electron chi connectivity index (χ2n) is 6.76. The number of hydrogen-bond donors (Lipinski definition) is 0. The maximum Gasteiger partial charge on any atom is 0.253 e. The molecule has 3 amide bonds. The molecule has 2 fully saturated rings. The number of carbonyl (C=O) groups excluding carboxylic acids is 3. The minimum absolute atomic E-state index is 0.00646. The topological polar surface area (TPSA) is 60.9 Å². The number of rotatable bonds is 2. The van der Waals surface area contributed by atoms with Crippen LogP contribution in [-0.2, 0) is 9.59 Å². The lowest BCUT2D eigenvalue weighted by atomic mass is 9.95. The van der Waals surface area contributed by atoms with E-state index in [1.54, 1.807) is 11.8 Å². The first-order chi connectivity index (χ1) is 12.1. The summed E-state index contributed by atoms with van der Waals surface area (Å²) in [5.41, 5.74) is 0.693.